The van der Waals surface area contributed by atoms with Gasteiger partial charge in [-0.3, -0.25) is 4.90 Å². The molecular weight excluding hydrogens is 361 g/mol. The highest BCUT2D eigenvalue weighted by atomic mass is 19.4. The van der Waals surface area contributed by atoms with Crippen LogP contribution in [0.2, 0.25) is 0 Å². The monoisotopic (exact) mass is 390 g/mol. The average Bonchev–Trinajstić information content (AvgIpc) is 3.28. The Morgan fingerprint density at radius 2 is 2.26 bits per heavy atom. The van der Waals surface area contributed by atoms with Gasteiger partial charge in [0.15, 0.2) is 5.96 Å². The molecule has 0 aromatic carbocycles. The molecule has 2 heterocycles. The Kier molecular flexibility index (Phi) is 7.97. The van der Waals surface area contributed by atoms with Crippen molar-refractivity contribution in [3.05, 3.63) is 24.2 Å². The lowest BCUT2D eigenvalue weighted by atomic mass is 10.1. The molecule has 0 bridgehead atoms. The normalized spacial score (nSPS) is 19.7. The van der Waals surface area contributed by atoms with E-state index in [0.29, 0.717) is 37.9 Å². The van der Waals surface area contributed by atoms with E-state index in [0.717, 1.165) is 13.0 Å². The highest BCUT2D eigenvalue weighted by Gasteiger charge is 2.33. The summed E-state index contributed by atoms with van der Waals surface area (Å²) in [5.74, 6) is 1.29. The van der Waals surface area contributed by atoms with Crippen LogP contribution in [0.3, 0.4) is 0 Å². The largest absolute Gasteiger partial charge is 0.467 e. The summed E-state index contributed by atoms with van der Waals surface area (Å²) in [7, 11) is 0. The molecule has 2 unspecified atom stereocenters. The van der Waals surface area contributed by atoms with Gasteiger partial charge in [-0.1, -0.05) is 6.92 Å². The highest BCUT2D eigenvalue weighted by molar-refractivity contribution is 5.80. The minimum atomic E-state index is -4.17. The number of likely N-dealkylation sites (tertiary alicyclic amines) is 1. The fourth-order valence-corrected chi connectivity index (χ4v) is 3.27. The number of hydrogen-bond acceptors (Lipinski definition) is 4. The van der Waals surface area contributed by atoms with Crippen molar-refractivity contribution in [2.24, 2.45) is 10.9 Å². The topological polar surface area (TPSA) is 64.2 Å². The van der Waals surface area contributed by atoms with Gasteiger partial charge < -0.3 is 19.7 Å². The first-order chi connectivity index (χ1) is 12.8. The van der Waals surface area contributed by atoms with E-state index < -0.39 is 18.8 Å². The van der Waals surface area contributed by atoms with Gasteiger partial charge in [-0.2, -0.15) is 13.2 Å². The van der Waals surface area contributed by atoms with Crippen LogP contribution in [0, 0.1) is 5.92 Å². The quantitative estimate of drug-likeness (QED) is 0.527. The number of aliphatic hydroxyl groups excluding tert-OH is 1. The molecule has 2 atom stereocenters. The Bertz CT molecular complexity index is 578. The van der Waals surface area contributed by atoms with Crippen molar-refractivity contribution >= 4 is 5.96 Å². The molecule has 1 aliphatic rings. The summed E-state index contributed by atoms with van der Waals surface area (Å²) in [5, 5.41) is 13.3. The molecule has 1 aliphatic heterocycles. The second-order valence-corrected chi connectivity index (χ2v) is 6.77. The van der Waals surface area contributed by atoms with Crippen LogP contribution < -0.4 is 5.32 Å². The molecule has 0 amide bonds. The SMILES string of the molecule is CCNC(=NCC(O)c1ccco1)N1CCC(CN(CC)CC(F)(F)F)C1. The van der Waals surface area contributed by atoms with Crippen LogP contribution in [0.15, 0.2) is 27.8 Å². The molecule has 0 spiro atoms. The van der Waals surface area contributed by atoms with Crippen LogP contribution in [-0.2, 0) is 0 Å². The molecule has 154 valence electrons. The standard InChI is InChI=1S/C18H29F3N4O2/c1-3-22-17(23-10-15(26)16-6-5-9-27-16)25-8-7-14(12-25)11-24(4-2)13-18(19,20)21/h5-6,9,14-15,26H,3-4,7-8,10-13H2,1-2H3,(H,22,23). The minimum Gasteiger partial charge on any atom is -0.467 e. The third-order valence-electron chi connectivity index (χ3n) is 4.57. The number of alkyl halides is 3. The Hall–Kier alpha value is -1.74. The molecule has 1 saturated heterocycles. The Balaban J connectivity index is 1.91. The van der Waals surface area contributed by atoms with Crippen molar-refractivity contribution in [2.45, 2.75) is 32.5 Å². The number of furan rings is 1. The van der Waals surface area contributed by atoms with Gasteiger partial charge in [-0.15, -0.1) is 0 Å². The van der Waals surface area contributed by atoms with Crippen molar-refractivity contribution in [2.75, 3.05) is 45.8 Å². The molecule has 0 radical (unpaired) electrons. The summed E-state index contributed by atoms with van der Waals surface area (Å²) < 4.78 is 43.1. The molecule has 27 heavy (non-hydrogen) atoms. The summed E-state index contributed by atoms with van der Waals surface area (Å²) in [6.45, 7) is 5.84. The van der Waals surface area contributed by atoms with Gasteiger partial charge >= 0.3 is 6.18 Å². The van der Waals surface area contributed by atoms with Gasteiger partial charge in [0.25, 0.3) is 0 Å². The first kappa shape index (κ1) is 21.6. The summed E-state index contributed by atoms with van der Waals surface area (Å²) >= 11 is 0. The highest BCUT2D eigenvalue weighted by Crippen LogP contribution is 2.22. The van der Waals surface area contributed by atoms with Crippen LogP contribution in [0.5, 0.6) is 0 Å². The molecule has 1 aromatic heterocycles. The fourth-order valence-electron chi connectivity index (χ4n) is 3.27. The number of rotatable bonds is 8. The van der Waals surface area contributed by atoms with Crippen molar-refractivity contribution in [1.29, 1.82) is 0 Å². The predicted molar refractivity (Wildman–Crippen MR) is 97.5 cm³/mol. The van der Waals surface area contributed by atoms with E-state index in [1.54, 1.807) is 19.1 Å². The predicted octanol–water partition coefficient (Wildman–Crippen LogP) is 2.48. The van der Waals surface area contributed by atoms with E-state index in [-0.39, 0.29) is 12.5 Å². The molecule has 0 aliphatic carbocycles. The maximum Gasteiger partial charge on any atom is 0.401 e. The minimum absolute atomic E-state index is 0.158. The van der Waals surface area contributed by atoms with Gasteiger partial charge in [0, 0.05) is 26.2 Å². The van der Waals surface area contributed by atoms with Gasteiger partial charge in [0.2, 0.25) is 0 Å². The maximum absolute atomic E-state index is 12.7. The Morgan fingerprint density at radius 1 is 1.48 bits per heavy atom. The third-order valence-corrected chi connectivity index (χ3v) is 4.57. The zero-order valence-electron chi connectivity index (χ0n) is 15.9. The maximum atomic E-state index is 12.7. The average molecular weight is 390 g/mol. The van der Waals surface area contributed by atoms with E-state index in [1.807, 2.05) is 11.8 Å². The van der Waals surface area contributed by atoms with Crippen molar-refractivity contribution in [1.82, 2.24) is 15.1 Å². The number of aliphatic imine (C=N–C) groups is 1. The lowest BCUT2D eigenvalue weighted by Gasteiger charge is -2.26. The first-order valence-corrected chi connectivity index (χ1v) is 9.36. The van der Waals surface area contributed by atoms with Gasteiger partial charge in [-0.05, 0) is 37.9 Å². The number of nitrogens with zero attached hydrogens (tertiary/aromatic N) is 3. The molecule has 1 aromatic rings. The summed E-state index contributed by atoms with van der Waals surface area (Å²) in [6, 6.07) is 3.40. The van der Waals surface area contributed by atoms with Crippen molar-refractivity contribution in [3.8, 4) is 0 Å². The van der Waals surface area contributed by atoms with Crippen LogP contribution in [-0.4, -0.2) is 72.9 Å². The van der Waals surface area contributed by atoms with E-state index >= 15 is 0 Å². The van der Waals surface area contributed by atoms with Crippen LogP contribution in [0.1, 0.15) is 32.1 Å². The first-order valence-electron chi connectivity index (χ1n) is 9.36. The smallest absolute Gasteiger partial charge is 0.401 e. The molecule has 9 heteroatoms. The molecule has 6 nitrogen and oxygen atoms in total. The van der Waals surface area contributed by atoms with Gasteiger partial charge in [-0.25, -0.2) is 4.99 Å². The van der Waals surface area contributed by atoms with Crippen molar-refractivity contribution in [3.63, 3.8) is 0 Å². The van der Waals surface area contributed by atoms with Crippen LogP contribution in [0.4, 0.5) is 13.2 Å². The second kappa shape index (κ2) is 9.98. The molecule has 1 fully saturated rings. The third kappa shape index (κ3) is 7.06. The van der Waals surface area contributed by atoms with Gasteiger partial charge in [0.05, 0.1) is 19.4 Å². The fraction of sp³-hybridized carbons (Fsp3) is 0.722. The lowest BCUT2D eigenvalue weighted by molar-refractivity contribution is -0.146. The van der Waals surface area contributed by atoms with Gasteiger partial charge in [0.1, 0.15) is 11.9 Å². The second-order valence-electron chi connectivity index (χ2n) is 6.77. The number of guanidine groups is 1. The van der Waals surface area contributed by atoms with E-state index in [4.69, 9.17) is 4.42 Å². The Morgan fingerprint density at radius 3 is 2.85 bits per heavy atom. The zero-order chi connectivity index (χ0) is 19.9. The number of halogens is 3. The van der Waals surface area contributed by atoms with E-state index in [2.05, 4.69) is 10.3 Å². The molecular formula is C18H29F3N4O2. The van der Waals surface area contributed by atoms with E-state index in [1.165, 1.54) is 11.2 Å². The molecule has 2 N–H and O–H groups in total. The lowest BCUT2D eigenvalue weighted by Crippen LogP contribution is -2.42. The summed E-state index contributed by atoms with van der Waals surface area (Å²) in [4.78, 5) is 7.96. The van der Waals surface area contributed by atoms with Crippen LogP contribution in [0.25, 0.3) is 0 Å². The zero-order valence-corrected chi connectivity index (χ0v) is 15.9. The summed E-state index contributed by atoms with van der Waals surface area (Å²) in [5.41, 5.74) is 0. The molecule has 2 rings (SSSR count). The van der Waals surface area contributed by atoms with E-state index in [9.17, 15) is 18.3 Å². The number of aliphatic hydroxyl groups is 1. The Labute approximate surface area is 158 Å². The molecule has 0 saturated carbocycles. The van der Waals surface area contributed by atoms with Crippen molar-refractivity contribution < 1.29 is 22.7 Å². The summed E-state index contributed by atoms with van der Waals surface area (Å²) in [6.07, 6.45) is -2.68. The number of hydrogen-bond donors (Lipinski definition) is 2. The van der Waals surface area contributed by atoms with Crippen LogP contribution >= 0.6 is 0 Å². The number of nitrogens with one attached hydrogen (secondary N) is 1.